The molecule has 92 valence electrons. The molecule has 0 unspecified atom stereocenters. The fourth-order valence-electron chi connectivity index (χ4n) is 1.44. The molecule has 0 saturated heterocycles. The van der Waals surface area contributed by atoms with Gasteiger partial charge in [0.25, 0.3) is 0 Å². The lowest BCUT2D eigenvalue weighted by atomic mass is 10.1. The van der Waals surface area contributed by atoms with Crippen molar-refractivity contribution in [3.63, 3.8) is 0 Å². The summed E-state index contributed by atoms with van der Waals surface area (Å²) in [5, 5.41) is 0. The summed E-state index contributed by atoms with van der Waals surface area (Å²) in [5.41, 5.74) is 2.15. The second-order valence-corrected chi connectivity index (χ2v) is 3.95. The first-order valence-electron chi connectivity index (χ1n) is 5.50. The van der Waals surface area contributed by atoms with E-state index in [0.29, 0.717) is 17.1 Å². The highest BCUT2D eigenvalue weighted by molar-refractivity contribution is 5.63. The molecule has 1 aromatic rings. The predicted molar refractivity (Wildman–Crippen MR) is 69.3 cm³/mol. The van der Waals surface area contributed by atoms with Crippen molar-refractivity contribution in [3.05, 3.63) is 45.5 Å². The Kier molecular flexibility index (Phi) is 4.32. The molecular formula is C14H18O3. The molecule has 0 amide bonds. The highest BCUT2D eigenvalue weighted by Gasteiger charge is 2.09. The fraction of sp³-hybridized carbons (Fsp3) is 0.357. The van der Waals surface area contributed by atoms with Gasteiger partial charge in [-0.2, -0.15) is 0 Å². The molecule has 1 aromatic heterocycles. The standard InChI is InChI=1S/C14H18O3/c1-6-9(2)7-10(3)12-8-13(16-5)11(4)14(15)17-12/h6-8H,1-5H3/b9-6+,10-7-. The topological polar surface area (TPSA) is 39.4 Å². The van der Waals surface area contributed by atoms with Gasteiger partial charge in [-0.05, 0) is 33.3 Å². The van der Waals surface area contributed by atoms with E-state index in [1.165, 1.54) is 0 Å². The summed E-state index contributed by atoms with van der Waals surface area (Å²) in [7, 11) is 1.54. The third kappa shape index (κ3) is 3.09. The molecule has 1 rings (SSSR count). The van der Waals surface area contributed by atoms with Gasteiger partial charge in [0.2, 0.25) is 0 Å². The van der Waals surface area contributed by atoms with Crippen LogP contribution in [-0.4, -0.2) is 7.11 Å². The summed E-state index contributed by atoms with van der Waals surface area (Å²) < 4.78 is 10.4. The smallest absolute Gasteiger partial charge is 0.342 e. The number of hydrogen-bond donors (Lipinski definition) is 0. The van der Waals surface area contributed by atoms with Gasteiger partial charge in [-0.3, -0.25) is 0 Å². The number of allylic oxidation sites excluding steroid dienone is 4. The zero-order chi connectivity index (χ0) is 13.0. The maximum Gasteiger partial charge on any atom is 0.342 e. The first kappa shape index (κ1) is 13.3. The summed E-state index contributed by atoms with van der Waals surface area (Å²) >= 11 is 0. The molecule has 0 fully saturated rings. The van der Waals surface area contributed by atoms with E-state index in [0.717, 1.165) is 11.1 Å². The van der Waals surface area contributed by atoms with Gasteiger partial charge >= 0.3 is 5.63 Å². The molecule has 3 heteroatoms. The number of methoxy groups -OCH3 is 1. The monoisotopic (exact) mass is 234 g/mol. The predicted octanol–water partition coefficient (Wildman–Crippen LogP) is 3.33. The molecular weight excluding hydrogens is 216 g/mol. The van der Waals surface area contributed by atoms with E-state index in [2.05, 4.69) is 0 Å². The van der Waals surface area contributed by atoms with Crippen molar-refractivity contribution in [3.8, 4) is 5.75 Å². The molecule has 0 radical (unpaired) electrons. The summed E-state index contributed by atoms with van der Waals surface area (Å²) in [4.78, 5) is 11.6. The Labute approximate surface area is 101 Å². The van der Waals surface area contributed by atoms with E-state index in [-0.39, 0.29) is 5.63 Å². The van der Waals surface area contributed by atoms with Gasteiger partial charge in [0.1, 0.15) is 11.5 Å². The Morgan fingerprint density at radius 3 is 2.59 bits per heavy atom. The van der Waals surface area contributed by atoms with Crippen LogP contribution in [0.3, 0.4) is 0 Å². The van der Waals surface area contributed by atoms with Crippen LogP contribution in [0.5, 0.6) is 5.75 Å². The molecule has 0 spiro atoms. The maximum absolute atomic E-state index is 11.6. The highest BCUT2D eigenvalue weighted by atomic mass is 16.5. The number of hydrogen-bond acceptors (Lipinski definition) is 3. The first-order valence-corrected chi connectivity index (χ1v) is 5.50. The van der Waals surface area contributed by atoms with Crippen LogP contribution in [0.1, 0.15) is 32.1 Å². The van der Waals surface area contributed by atoms with E-state index in [9.17, 15) is 4.79 Å². The molecule has 0 saturated carbocycles. The van der Waals surface area contributed by atoms with Crippen LogP contribution in [-0.2, 0) is 0 Å². The minimum atomic E-state index is -0.356. The zero-order valence-corrected chi connectivity index (χ0v) is 11.0. The van der Waals surface area contributed by atoms with E-state index in [4.69, 9.17) is 9.15 Å². The molecule has 0 aliphatic heterocycles. The second-order valence-electron chi connectivity index (χ2n) is 3.95. The average molecular weight is 234 g/mol. The van der Waals surface area contributed by atoms with Crippen molar-refractivity contribution in [2.45, 2.75) is 27.7 Å². The van der Waals surface area contributed by atoms with Crippen LogP contribution < -0.4 is 10.4 Å². The molecule has 0 aliphatic carbocycles. The van der Waals surface area contributed by atoms with Gasteiger partial charge in [-0.1, -0.05) is 17.7 Å². The van der Waals surface area contributed by atoms with Crippen molar-refractivity contribution < 1.29 is 9.15 Å². The minimum Gasteiger partial charge on any atom is -0.496 e. The molecule has 0 aromatic carbocycles. The third-order valence-corrected chi connectivity index (χ3v) is 2.65. The maximum atomic E-state index is 11.6. The quantitative estimate of drug-likeness (QED) is 0.753. The van der Waals surface area contributed by atoms with Crippen molar-refractivity contribution in [1.82, 2.24) is 0 Å². The van der Waals surface area contributed by atoms with Gasteiger partial charge in [-0.15, -0.1) is 0 Å². The summed E-state index contributed by atoms with van der Waals surface area (Å²) in [6.45, 7) is 7.54. The van der Waals surface area contributed by atoms with Crippen LogP contribution in [0.2, 0.25) is 0 Å². The van der Waals surface area contributed by atoms with Gasteiger partial charge in [0, 0.05) is 6.07 Å². The number of rotatable bonds is 3. The van der Waals surface area contributed by atoms with Crippen molar-refractivity contribution in [2.24, 2.45) is 0 Å². The normalized spacial score (nSPS) is 12.8. The van der Waals surface area contributed by atoms with Crippen LogP contribution in [0.4, 0.5) is 0 Å². The fourth-order valence-corrected chi connectivity index (χ4v) is 1.44. The average Bonchev–Trinajstić information content (AvgIpc) is 2.32. The third-order valence-electron chi connectivity index (χ3n) is 2.65. The lowest BCUT2D eigenvalue weighted by Gasteiger charge is -2.06. The Bertz CT molecular complexity index is 519. The van der Waals surface area contributed by atoms with Crippen LogP contribution in [0.15, 0.2) is 33.0 Å². The largest absolute Gasteiger partial charge is 0.496 e. The first-order chi connectivity index (χ1) is 7.99. The zero-order valence-electron chi connectivity index (χ0n) is 11.0. The minimum absolute atomic E-state index is 0.356. The Morgan fingerprint density at radius 1 is 1.41 bits per heavy atom. The van der Waals surface area contributed by atoms with Crippen molar-refractivity contribution in [1.29, 1.82) is 0 Å². The molecule has 17 heavy (non-hydrogen) atoms. The van der Waals surface area contributed by atoms with E-state index in [1.54, 1.807) is 20.1 Å². The van der Waals surface area contributed by atoms with E-state index in [1.807, 2.05) is 32.9 Å². The Morgan fingerprint density at radius 2 is 2.06 bits per heavy atom. The molecule has 0 bridgehead atoms. The van der Waals surface area contributed by atoms with E-state index < -0.39 is 0 Å². The SMILES string of the molecule is C/C=C(C)/C=C(/C)c1cc(OC)c(C)c(=O)o1. The summed E-state index contributed by atoms with van der Waals surface area (Å²) in [6, 6.07) is 1.74. The highest BCUT2D eigenvalue weighted by Crippen LogP contribution is 2.21. The van der Waals surface area contributed by atoms with Crippen molar-refractivity contribution in [2.75, 3.05) is 7.11 Å². The van der Waals surface area contributed by atoms with Gasteiger partial charge < -0.3 is 9.15 Å². The lowest BCUT2D eigenvalue weighted by molar-refractivity contribution is 0.395. The van der Waals surface area contributed by atoms with Crippen LogP contribution >= 0.6 is 0 Å². The van der Waals surface area contributed by atoms with Gasteiger partial charge in [0.15, 0.2) is 0 Å². The lowest BCUT2D eigenvalue weighted by Crippen LogP contribution is -2.06. The van der Waals surface area contributed by atoms with Gasteiger partial charge in [0.05, 0.1) is 12.7 Å². The van der Waals surface area contributed by atoms with Crippen LogP contribution in [0, 0.1) is 6.92 Å². The Hall–Kier alpha value is -1.77. The summed E-state index contributed by atoms with van der Waals surface area (Å²) in [6.07, 6.45) is 3.96. The summed E-state index contributed by atoms with van der Waals surface area (Å²) in [5.74, 6) is 1.10. The molecule has 1 heterocycles. The molecule has 0 N–H and O–H groups in total. The van der Waals surface area contributed by atoms with Crippen molar-refractivity contribution >= 4 is 5.57 Å². The van der Waals surface area contributed by atoms with E-state index >= 15 is 0 Å². The molecule has 3 nitrogen and oxygen atoms in total. The number of ether oxygens (including phenoxy) is 1. The second kappa shape index (κ2) is 5.53. The van der Waals surface area contributed by atoms with Gasteiger partial charge in [-0.25, -0.2) is 4.79 Å². The Balaban J connectivity index is 3.29. The molecule has 0 atom stereocenters. The van der Waals surface area contributed by atoms with Crippen LogP contribution in [0.25, 0.3) is 5.57 Å². The molecule has 0 aliphatic rings.